The first-order valence-electron chi connectivity index (χ1n) is 10.8. The molecule has 1 N–H and O–H groups in total. The molecule has 0 spiro atoms. The number of carbonyl (C=O) groups is 1. The zero-order valence-corrected chi connectivity index (χ0v) is 18.3. The van der Waals surface area contributed by atoms with Crippen molar-refractivity contribution < 1.29 is 4.79 Å². The van der Waals surface area contributed by atoms with Crippen molar-refractivity contribution in [2.24, 2.45) is 5.92 Å². The van der Waals surface area contributed by atoms with E-state index in [0.29, 0.717) is 19.0 Å². The third-order valence-electron chi connectivity index (χ3n) is 5.61. The largest absolute Gasteiger partial charge is 0.372 e. The number of aromatic nitrogens is 2. The van der Waals surface area contributed by atoms with Crippen LogP contribution < -0.4 is 10.2 Å². The van der Waals surface area contributed by atoms with Crippen LogP contribution in [0.25, 0.3) is 0 Å². The number of carbonyl (C=O) groups excluding carboxylic acids is 1. The number of benzene rings is 1. The Balaban J connectivity index is 1.44. The van der Waals surface area contributed by atoms with Gasteiger partial charge in [-0.25, -0.2) is 4.79 Å². The van der Waals surface area contributed by atoms with Crippen molar-refractivity contribution in [3.8, 4) is 0 Å². The van der Waals surface area contributed by atoms with E-state index in [1.54, 1.807) is 4.90 Å². The molecule has 2 amide bonds. The first kappa shape index (κ1) is 21.2. The summed E-state index contributed by atoms with van der Waals surface area (Å²) in [4.78, 5) is 16.7. The van der Waals surface area contributed by atoms with Crippen LogP contribution in [-0.4, -0.2) is 47.4 Å². The average Bonchev–Trinajstić information content (AvgIpc) is 3.04. The lowest BCUT2D eigenvalue weighted by Crippen LogP contribution is -2.39. The highest BCUT2D eigenvalue weighted by molar-refractivity contribution is 5.73. The fraction of sp³-hybridized carbons (Fsp3) is 0.565. The van der Waals surface area contributed by atoms with E-state index in [1.165, 1.54) is 24.9 Å². The van der Waals surface area contributed by atoms with Gasteiger partial charge in [-0.05, 0) is 62.8 Å². The molecule has 0 bridgehead atoms. The van der Waals surface area contributed by atoms with Gasteiger partial charge in [0.15, 0.2) is 0 Å². The van der Waals surface area contributed by atoms with E-state index in [-0.39, 0.29) is 6.03 Å². The molecule has 0 aliphatic carbocycles. The van der Waals surface area contributed by atoms with Gasteiger partial charge in [-0.1, -0.05) is 19.1 Å². The number of nitrogens with zero attached hydrogens (tertiary/aromatic N) is 4. The molecule has 6 heteroatoms. The van der Waals surface area contributed by atoms with Gasteiger partial charge in [-0.2, -0.15) is 5.10 Å². The van der Waals surface area contributed by atoms with Crippen LogP contribution in [0, 0.1) is 19.8 Å². The quantitative estimate of drug-likeness (QED) is 0.769. The van der Waals surface area contributed by atoms with E-state index < -0.39 is 0 Å². The van der Waals surface area contributed by atoms with Crippen molar-refractivity contribution in [1.29, 1.82) is 0 Å². The van der Waals surface area contributed by atoms with Gasteiger partial charge in [0, 0.05) is 51.2 Å². The van der Waals surface area contributed by atoms with E-state index in [4.69, 9.17) is 0 Å². The molecule has 0 saturated carbocycles. The smallest absolute Gasteiger partial charge is 0.317 e. The molecular formula is C23H35N5O. The minimum atomic E-state index is -0.0367. The van der Waals surface area contributed by atoms with Crippen LogP contribution in [0.4, 0.5) is 10.5 Å². The molecule has 1 fully saturated rings. The van der Waals surface area contributed by atoms with Gasteiger partial charge in [0.1, 0.15) is 0 Å². The Morgan fingerprint density at radius 3 is 2.48 bits per heavy atom. The fourth-order valence-electron chi connectivity index (χ4n) is 3.93. The van der Waals surface area contributed by atoms with Crippen molar-refractivity contribution >= 4 is 11.7 Å². The van der Waals surface area contributed by atoms with E-state index in [2.05, 4.69) is 59.5 Å². The first-order chi connectivity index (χ1) is 13.9. The van der Waals surface area contributed by atoms with Gasteiger partial charge < -0.3 is 15.1 Å². The Hall–Kier alpha value is -2.50. The summed E-state index contributed by atoms with van der Waals surface area (Å²) in [7, 11) is 1.85. The highest BCUT2D eigenvalue weighted by Crippen LogP contribution is 2.20. The Morgan fingerprint density at radius 1 is 1.17 bits per heavy atom. The van der Waals surface area contributed by atoms with Gasteiger partial charge in [-0.3, -0.25) is 4.68 Å². The number of rotatable bonds is 7. The second-order valence-electron chi connectivity index (χ2n) is 8.47. The summed E-state index contributed by atoms with van der Waals surface area (Å²) < 4.78 is 2.01. The minimum absolute atomic E-state index is 0.0367. The number of hydrogen-bond acceptors (Lipinski definition) is 3. The number of anilines is 1. The summed E-state index contributed by atoms with van der Waals surface area (Å²) in [5.74, 6) is 0.314. The number of urea groups is 1. The van der Waals surface area contributed by atoms with E-state index in [1.807, 2.05) is 18.7 Å². The summed E-state index contributed by atoms with van der Waals surface area (Å²) in [6.45, 7) is 10.6. The fourth-order valence-corrected chi connectivity index (χ4v) is 3.93. The molecule has 29 heavy (non-hydrogen) atoms. The van der Waals surface area contributed by atoms with Gasteiger partial charge in [0.25, 0.3) is 0 Å². The van der Waals surface area contributed by atoms with Crippen molar-refractivity contribution in [2.45, 2.75) is 53.1 Å². The maximum absolute atomic E-state index is 12.5. The highest BCUT2D eigenvalue weighted by Gasteiger charge is 2.14. The maximum atomic E-state index is 12.5. The van der Waals surface area contributed by atoms with E-state index in [9.17, 15) is 4.79 Å². The molecule has 1 aromatic carbocycles. The first-order valence-corrected chi connectivity index (χ1v) is 10.8. The molecule has 2 heterocycles. The maximum Gasteiger partial charge on any atom is 0.317 e. The molecule has 1 aromatic heterocycles. The third-order valence-corrected chi connectivity index (χ3v) is 5.61. The molecule has 0 radical (unpaired) electrons. The molecule has 1 atom stereocenters. The van der Waals surface area contributed by atoms with Gasteiger partial charge >= 0.3 is 6.03 Å². The lowest BCUT2D eigenvalue weighted by Gasteiger charge is -2.29. The molecular weight excluding hydrogens is 362 g/mol. The molecule has 1 aliphatic heterocycles. The van der Waals surface area contributed by atoms with Crippen molar-refractivity contribution in [1.82, 2.24) is 20.0 Å². The Morgan fingerprint density at radius 2 is 1.86 bits per heavy atom. The SMILES string of the molecule is Cc1cc(C)n(CC(C)CNC(=O)N(C)Cc2ccc(N3CCCCC3)cc2)n1. The van der Waals surface area contributed by atoms with Crippen LogP contribution in [-0.2, 0) is 13.1 Å². The summed E-state index contributed by atoms with van der Waals surface area (Å²) >= 11 is 0. The highest BCUT2D eigenvalue weighted by atomic mass is 16.2. The zero-order valence-electron chi connectivity index (χ0n) is 18.3. The normalized spacial score (nSPS) is 15.2. The Labute approximate surface area is 174 Å². The molecule has 6 nitrogen and oxygen atoms in total. The van der Waals surface area contributed by atoms with Gasteiger partial charge in [-0.15, -0.1) is 0 Å². The number of hydrogen-bond donors (Lipinski definition) is 1. The summed E-state index contributed by atoms with van der Waals surface area (Å²) in [6.07, 6.45) is 3.90. The van der Waals surface area contributed by atoms with Crippen LogP contribution in [0.2, 0.25) is 0 Å². The van der Waals surface area contributed by atoms with Crippen molar-refractivity contribution in [3.63, 3.8) is 0 Å². The molecule has 3 rings (SSSR count). The Bertz CT molecular complexity index is 792. The van der Waals surface area contributed by atoms with Crippen LogP contribution >= 0.6 is 0 Å². The standard InChI is InChI=1S/C23H35N5O/c1-18(16-28-20(3)14-19(2)25-28)15-24-23(29)26(4)17-21-8-10-22(11-9-21)27-12-6-5-7-13-27/h8-11,14,18H,5-7,12-13,15-17H2,1-4H3,(H,24,29). The predicted octanol–water partition coefficient (Wildman–Crippen LogP) is 3.97. The number of piperidine rings is 1. The molecule has 1 saturated heterocycles. The predicted molar refractivity (Wildman–Crippen MR) is 118 cm³/mol. The second-order valence-corrected chi connectivity index (χ2v) is 8.47. The number of aryl methyl sites for hydroxylation is 2. The topological polar surface area (TPSA) is 53.4 Å². The van der Waals surface area contributed by atoms with Crippen LogP contribution in [0.3, 0.4) is 0 Å². The molecule has 1 aliphatic rings. The van der Waals surface area contributed by atoms with E-state index in [0.717, 1.165) is 36.6 Å². The van der Waals surface area contributed by atoms with Gasteiger partial charge in [0.05, 0.1) is 5.69 Å². The zero-order chi connectivity index (χ0) is 20.8. The van der Waals surface area contributed by atoms with Crippen molar-refractivity contribution in [3.05, 3.63) is 47.3 Å². The number of amides is 2. The summed E-state index contributed by atoms with van der Waals surface area (Å²) in [5.41, 5.74) is 4.63. The van der Waals surface area contributed by atoms with E-state index >= 15 is 0 Å². The third kappa shape index (κ3) is 5.99. The van der Waals surface area contributed by atoms with Crippen LogP contribution in [0.5, 0.6) is 0 Å². The monoisotopic (exact) mass is 397 g/mol. The average molecular weight is 398 g/mol. The second kappa shape index (κ2) is 9.81. The molecule has 2 aromatic rings. The summed E-state index contributed by atoms with van der Waals surface area (Å²) in [6, 6.07) is 10.7. The van der Waals surface area contributed by atoms with Gasteiger partial charge in [0.2, 0.25) is 0 Å². The van der Waals surface area contributed by atoms with Crippen LogP contribution in [0.15, 0.2) is 30.3 Å². The minimum Gasteiger partial charge on any atom is -0.372 e. The lowest BCUT2D eigenvalue weighted by molar-refractivity contribution is 0.204. The number of nitrogens with one attached hydrogen (secondary N) is 1. The molecule has 158 valence electrons. The molecule has 1 unspecified atom stereocenters. The van der Waals surface area contributed by atoms with Crippen molar-refractivity contribution in [2.75, 3.05) is 31.6 Å². The van der Waals surface area contributed by atoms with Crippen LogP contribution in [0.1, 0.15) is 43.1 Å². The lowest BCUT2D eigenvalue weighted by atomic mass is 10.1. The summed E-state index contributed by atoms with van der Waals surface area (Å²) in [5, 5.41) is 7.55. The Kier molecular flexibility index (Phi) is 7.18.